The molecule has 20 heavy (non-hydrogen) atoms. The van der Waals surface area contributed by atoms with Gasteiger partial charge in [-0.15, -0.1) is 0 Å². The Bertz CT molecular complexity index is 533. The molecule has 1 aromatic rings. The molecule has 0 unspecified atom stereocenters. The molecule has 0 aliphatic heterocycles. The van der Waals surface area contributed by atoms with Crippen LogP contribution in [0.15, 0.2) is 0 Å². The molecule has 0 saturated heterocycles. The van der Waals surface area contributed by atoms with E-state index in [0.717, 1.165) is 6.26 Å². The second kappa shape index (κ2) is 7.17. The largest absolute Gasteiger partial charge is 0.354 e. The molecule has 0 spiro atoms. The molecular weight excluding hydrogens is 284 g/mol. The van der Waals surface area contributed by atoms with Crippen molar-refractivity contribution in [2.45, 2.75) is 6.42 Å². The number of hydrogen-bond acceptors (Lipinski definition) is 9. The molecule has 114 valence electrons. The van der Waals surface area contributed by atoms with Gasteiger partial charge in [-0.2, -0.15) is 15.0 Å². The quantitative estimate of drug-likeness (QED) is 0.259. The van der Waals surface area contributed by atoms with Gasteiger partial charge in [0.25, 0.3) is 0 Å². The molecule has 0 radical (unpaired) electrons. The Morgan fingerprint density at radius 2 is 1.80 bits per heavy atom. The molecule has 0 aromatic carbocycles. The van der Waals surface area contributed by atoms with Gasteiger partial charge in [-0.05, 0) is 6.42 Å². The van der Waals surface area contributed by atoms with Crippen LogP contribution < -0.4 is 26.2 Å². The summed E-state index contributed by atoms with van der Waals surface area (Å²) in [7, 11) is 0.452. The van der Waals surface area contributed by atoms with Gasteiger partial charge >= 0.3 is 0 Å². The summed E-state index contributed by atoms with van der Waals surface area (Å²) in [5, 5.41) is 2.98. The Morgan fingerprint density at radius 3 is 2.35 bits per heavy atom. The molecule has 1 rings (SSSR count). The number of nitrogens with two attached hydrogens (primary N) is 1. The molecule has 1 aromatic heterocycles. The first-order valence-electron chi connectivity index (χ1n) is 5.90. The van der Waals surface area contributed by atoms with Gasteiger partial charge in [0, 0.05) is 27.2 Å². The summed E-state index contributed by atoms with van der Waals surface area (Å²) >= 11 is 0. The number of sulfonamides is 1. The van der Waals surface area contributed by atoms with Crippen LogP contribution in [0.2, 0.25) is 0 Å². The van der Waals surface area contributed by atoms with Gasteiger partial charge in [-0.1, -0.05) is 0 Å². The summed E-state index contributed by atoms with van der Waals surface area (Å²) in [5.41, 5.74) is 2.36. The van der Waals surface area contributed by atoms with Crippen molar-refractivity contribution in [1.29, 1.82) is 0 Å². The van der Waals surface area contributed by atoms with Crippen molar-refractivity contribution in [2.24, 2.45) is 5.84 Å². The maximum Gasteiger partial charge on any atom is 0.243 e. The Morgan fingerprint density at radius 1 is 1.15 bits per heavy atom. The van der Waals surface area contributed by atoms with Crippen molar-refractivity contribution in [3.05, 3.63) is 0 Å². The molecule has 0 atom stereocenters. The van der Waals surface area contributed by atoms with Crippen molar-refractivity contribution in [3.8, 4) is 0 Å². The highest BCUT2D eigenvalue weighted by atomic mass is 32.2. The number of aromatic nitrogens is 3. The average molecular weight is 304 g/mol. The molecule has 1 heterocycles. The Balaban J connectivity index is 2.53. The lowest BCUT2D eigenvalue weighted by molar-refractivity contribution is 0.586. The van der Waals surface area contributed by atoms with Crippen LogP contribution in [-0.4, -0.2) is 56.8 Å². The highest BCUT2D eigenvalue weighted by Crippen LogP contribution is 2.10. The summed E-state index contributed by atoms with van der Waals surface area (Å²) in [5.74, 6) is 6.37. The zero-order valence-electron chi connectivity index (χ0n) is 11.7. The van der Waals surface area contributed by atoms with Crippen LogP contribution in [0.25, 0.3) is 0 Å². The monoisotopic (exact) mass is 304 g/mol. The first-order valence-corrected chi connectivity index (χ1v) is 7.79. The second-order valence-electron chi connectivity index (χ2n) is 4.27. The van der Waals surface area contributed by atoms with E-state index in [1.165, 1.54) is 0 Å². The number of anilines is 3. The van der Waals surface area contributed by atoms with Crippen molar-refractivity contribution in [1.82, 2.24) is 19.7 Å². The summed E-state index contributed by atoms with van der Waals surface area (Å²) in [6.45, 7) is 0.864. The van der Waals surface area contributed by atoms with Crippen LogP contribution in [-0.2, 0) is 10.0 Å². The van der Waals surface area contributed by atoms with E-state index >= 15 is 0 Å². The first-order chi connectivity index (χ1) is 9.31. The average Bonchev–Trinajstić information content (AvgIpc) is 2.36. The highest BCUT2D eigenvalue weighted by molar-refractivity contribution is 7.88. The Kier molecular flexibility index (Phi) is 5.85. The van der Waals surface area contributed by atoms with E-state index in [4.69, 9.17) is 5.84 Å². The topological polar surface area (TPSA) is 138 Å². The highest BCUT2D eigenvalue weighted by Gasteiger charge is 2.07. The predicted molar refractivity (Wildman–Crippen MR) is 77.9 cm³/mol. The van der Waals surface area contributed by atoms with Crippen molar-refractivity contribution in [3.63, 3.8) is 0 Å². The van der Waals surface area contributed by atoms with Crippen LogP contribution in [0.1, 0.15) is 6.42 Å². The lowest BCUT2D eigenvalue weighted by Gasteiger charge is -2.13. The molecule has 0 fully saturated rings. The molecule has 0 amide bonds. The molecule has 10 nitrogen and oxygen atoms in total. The van der Waals surface area contributed by atoms with Gasteiger partial charge in [0.05, 0.1) is 6.26 Å². The summed E-state index contributed by atoms with van der Waals surface area (Å²) < 4.78 is 24.1. The van der Waals surface area contributed by atoms with Gasteiger partial charge in [-0.25, -0.2) is 19.0 Å². The number of nitrogens with zero attached hydrogens (tertiary/aromatic N) is 4. The van der Waals surface area contributed by atoms with Crippen LogP contribution in [0, 0.1) is 0 Å². The van der Waals surface area contributed by atoms with E-state index in [1.807, 2.05) is 0 Å². The van der Waals surface area contributed by atoms with Crippen LogP contribution >= 0.6 is 0 Å². The number of rotatable bonds is 8. The minimum Gasteiger partial charge on any atom is -0.354 e. The van der Waals surface area contributed by atoms with E-state index in [1.54, 1.807) is 19.0 Å². The van der Waals surface area contributed by atoms with Gasteiger partial charge in [0.15, 0.2) is 0 Å². The van der Waals surface area contributed by atoms with E-state index in [9.17, 15) is 8.42 Å². The van der Waals surface area contributed by atoms with E-state index in [2.05, 4.69) is 30.4 Å². The SMILES string of the molecule is CN(C)c1nc(NN)nc(NCCCNS(C)(=O)=O)n1. The number of nitrogen functional groups attached to an aromatic ring is 1. The second-order valence-corrected chi connectivity index (χ2v) is 6.10. The third-order valence-electron chi connectivity index (χ3n) is 2.15. The number of hydrogen-bond donors (Lipinski definition) is 4. The zero-order valence-corrected chi connectivity index (χ0v) is 12.5. The van der Waals surface area contributed by atoms with E-state index in [-0.39, 0.29) is 5.95 Å². The molecular formula is C9H20N8O2S. The van der Waals surface area contributed by atoms with Crippen molar-refractivity contribution >= 4 is 27.9 Å². The summed E-state index contributed by atoms with van der Waals surface area (Å²) in [6, 6.07) is 0. The lowest BCUT2D eigenvalue weighted by Crippen LogP contribution is -2.25. The van der Waals surface area contributed by atoms with Crippen LogP contribution in [0.5, 0.6) is 0 Å². The summed E-state index contributed by atoms with van der Waals surface area (Å²) in [6.07, 6.45) is 1.72. The van der Waals surface area contributed by atoms with Gasteiger partial charge in [-0.3, -0.25) is 5.43 Å². The lowest BCUT2D eigenvalue weighted by atomic mass is 10.4. The molecule has 0 saturated carbocycles. The molecule has 0 bridgehead atoms. The summed E-state index contributed by atoms with van der Waals surface area (Å²) in [4.78, 5) is 14.0. The minimum absolute atomic E-state index is 0.250. The third kappa shape index (κ3) is 5.95. The Labute approximate surface area is 118 Å². The number of nitrogens with one attached hydrogen (secondary N) is 3. The maximum atomic E-state index is 10.9. The molecule has 0 aliphatic rings. The first kappa shape index (κ1) is 16.3. The van der Waals surface area contributed by atoms with Gasteiger partial charge in [0.2, 0.25) is 27.9 Å². The fourth-order valence-corrected chi connectivity index (χ4v) is 1.77. The molecule has 0 aliphatic carbocycles. The van der Waals surface area contributed by atoms with Crippen molar-refractivity contribution in [2.75, 3.05) is 49.1 Å². The minimum atomic E-state index is -3.15. The Hall–Kier alpha value is -1.72. The fraction of sp³-hybridized carbons (Fsp3) is 0.667. The van der Waals surface area contributed by atoms with E-state index in [0.29, 0.717) is 31.4 Å². The van der Waals surface area contributed by atoms with Crippen LogP contribution in [0.4, 0.5) is 17.8 Å². The van der Waals surface area contributed by atoms with Gasteiger partial charge < -0.3 is 10.2 Å². The number of hydrazine groups is 1. The molecule has 5 N–H and O–H groups in total. The maximum absolute atomic E-state index is 10.9. The third-order valence-corrected chi connectivity index (χ3v) is 2.88. The smallest absolute Gasteiger partial charge is 0.243 e. The fourth-order valence-electron chi connectivity index (χ4n) is 1.25. The normalized spacial score (nSPS) is 11.2. The molecule has 11 heteroatoms. The predicted octanol–water partition coefficient (Wildman–Crippen LogP) is -1.43. The van der Waals surface area contributed by atoms with Gasteiger partial charge in [0.1, 0.15) is 0 Å². The van der Waals surface area contributed by atoms with Crippen LogP contribution in [0.3, 0.4) is 0 Å². The van der Waals surface area contributed by atoms with E-state index < -0.39 is 10.0 Å². The standard InChI is InChI=1S/C9H20N8O2S/c1-17(2)9-14-7(13-8(15-9)16-10)11-5-4-6-12-20(3,18)19/h12H,4-6,10H2,1-3H3,(H2,11,13,14,15,16). The zero-order chi connectivity index (χ0) is 15.2. The van der Waals surface area contributed by atoms with Crippen molar-refractivity contribution < 1.29 is 8.42 Å².